The van der Waals surface area contributed by atoms with Gasteiger partial charge in [-0.2, -0.15) is 19.3 Å². The third kappa shape index (κ3) is 1.46. The number of alkyl halides is 2. The van der Waals surface area contributed by atoms with Gasteiger partial charge < -0.3 is 0 Å². The first kappa shape index (κ1) is 8.44. The molecule has 0 rings (SSSR count). The van der Waals surface area contributed by atoms with E-state index in [1.165, 1.54) is 5.21 Å². The Morgan fingerprint density at radius 2 is 1.90 bits per heavy atom. The van der Waals surface area contributed by atoms with Gasteiger partial charge in [-0.15, -0.1) is 0 Å². The van der Waals surface area contributed by atoms with Crippen LogP contribution in [0.5, 0.6) is 0 Å². The Balaban J connectivity index is 4.70. The summed E-state index contributed by atoms with van der Waals surface area (Å²) in [5.41, 5.74) is -1.73. The molecule has 0 aliphatic heterocycles. The van der Waals surface area contributed by atoms with Gasteiger partial charge in [-0.25, -0.2) is 0 Å². The zero-order valence-corrected chi connectivity index (χ0v) is 4.48. The average Bonchev–Trinajstić information content (AvgIpc) is 1.90. The summed E-state index contributed by atoms with van der Waals surface area (Å²) in [4.78, 5) is 0. The van der Waals surface area contributed by atoms with E-state index >= 15 is 0 Å². The van der Waals surface area contributed by atoms with Crippen molar-refractivity contribution in [1.82, 2.24) is 0 Å². The molecule has 0 N–H and O–H groups in total. The molecular formula is C4F3N3. The lowest BCUT2D eigenvalue weighted by Gasteiger charge is -1.98. The van der Waals surface area contributed by atoms with Crippen LogP contribution in [0.25, 0.3) is 0 Å². The van der Waals surface area contributed by atoms with Gasteiger partial charge in [0.15, 0.2) is 0 Å². The van der Waals surface area contributed by atoms with E-state index < -0.39 is 11.6 Å². The van der Waals surface area contributed by atoms with Crippen LogP contribution in [0.2, 0.25) is 0 Å². The highest BCUT2D eigenvalue weighted by Gasteiger charge is 2.37. The van der Waals surface area contributed by atoms with Gasteiger partial charge in [-0.3, -0.25) is 0 Å². The summed E-state index contributed by atoms with van der Waals surface area (Å²) in [6, 6.07) is 1.16. The van der Waals surface area contributed by atoms with Crippen molar-refractivity contribution in [2.45, 2.75) is 5.92 Å². The van der Waals surface area contributed by atoms with Crippen LogP contribution < -0.4 is 0 Å². The van der Waals surface area contributed by atoms with Gasteiger partial charge in [-0.1, -0.05) is 9.70 Å². The van der Waals surface area contributed by atoms with E-state index in [1.54, 1.807) is 0 Å². The Hall–Kier alpha value is -1.56. The molecule has 6 heteroatoms. The minimum Gasteiger partial charge on any atom is -0.191 e. The van der Waals surface area contributed by atoms with Crippen molar-refractivity contribution in [3.8, 4) is 12.1 Å². The second-order valence-electron chi connectivity index (χ2n) is 1.23. The molecule has 0 heterocycles. The van der Waals surface area contributed by atoms with Crippen LogP contribution in [0.3, 0.4) is 0 Å². The van der Waals surface area contributed by atoms with Crippen LogP contribution in [0.1, 0.15) is 0 Å². The fourth-order valence-electron chi connectivity index (χ4n) is 0.195. The van der Waals surface area contributed by atoms with Crippen molar-refractivity contribution in [3.63, 3.8) is 0 Å². The van der Waals surface area contributed by atoms with Crippen LogP contribution in [0.4, 0.5) is 13.3 Å². The summed E-state index contributed by atoms with van der Waals surface area (Å²) in [5.74, 6) is -4.12. The topological polar surface area (TPSA) is 59.9 Å². The number of hydrogen-bond acceptors (Lipinski definition) is 3. The average molecular weight is 147 g/mol. The summed E-state index contributed by atoms with van der Waals surface area (Å²) < 4.78 is 34.8. The molecule has 0 spiro atoms. The first-order valence-electron chi connectivity index (χ1n) is 1.97. The van der Waals surface area contributed by atoms with E-state index in [4.69, 9.17) is 10.5 Å². The Morgan fingerprint density at radius 3 is 2.00 bits per heavy atom. The molecule has 0 aliphatic carbocycles. The summed E-state index contributed by atoms with van der Waals surface area (Å²) in [6.07, 6.45) is 0. The van der Waals surface area contributed by atoms with Gasteiger partial charge in [0.1, 0.15) is 12.1 Å². The van der Waals surface area contributed by atoms with Crippen LogP contribution >= 0.6 is 0 Å². The highest BCUT2D eigenvalue weighted by atomic mass is 19.3. The molecule has 3 nitrogen and oxygen atoms in total. The van der Waals surface area contributed by atoms with Crippen LogP contribution in [-0.2, 0) is 0 Å². The van der Waals surface area contributed by atoms with E-state index in [0.717, 1.165) is 6.07 Å². The summed E-state index contributed by atoms with van der Waals surface area (Å²) in [5, 5.41) is 16.8. The van der Waals surface area contributed by atoms with E-state index in [1.807, 2.05) is 0 Å². The quantitative estimate of drug-likeness (QED) is 0.519. The molecule has 10 heavy (non-hydrogen) atoms. The van der Waals surface area contributed by atoms with Crippen molar-refractivity contribution >= 4 is 5.71 Å². The number of halogens is 3. The molecule has 0 bridgehead atoms. The van der Waals surface area contributed by atoms with E-state index in [0.29, 0.717) is 6.07 Å². The lowest BCUT2D eigenvalue weighted by Crippen LogP contribution is -2.24. The monoisotopic (exact) mass is 147 g/mol. The Morgan fingerprint density at radius 1 is 1.40 bits per heavy atom. The van der Waals surface area contributed by atoms with Gasteiger partial charge >= 0.3 is 5.92 Å². The molecular weight excluding hydrogens is 147 g/mol. The minimum absolute atomic E-state index is 0.417. The Kier molecular flexibility index (Phi) is 2.39. The number of nitriles is 2. The Bertz CT molecular complexity index is 231. The van der Waals surface area contributed by atoms with Gasteiger partial charge in [0.05, 0.1) is 0 Å². The number of rotatable bonds is 1. The summed E-state index contributed by atoms with van der Waals surface area (Å²) in [6.45, 7) is 0. The third-order valence-electron chi connectivity index (χ3n) is 0.628. The van der Waals surface area contributed by atoms with Crippen molar-refractivity contribution < 1.29 is 13.3 Å². The maximum Gasteiger partial charge on any atom is 0.386 e. The van der Waals surface area contributed by atoms with Gasteiger partial charge in [0.2, 0.25) is 5.71 Å². The number of hydrogen-bond donors (Lipinski definition) is 0. The zero-order chi connectivity index (χ0) is 8.20. The van der Waals surface area contributed by atoms with Gasteiger partial charge in [-0.05, 0) is 0 Å². The fraction of sp³-hybridized carbons (Fsp3) is 0.250. The second kappa shape index (κ2) is 2.83. The van der Waals surface area contributed by atoms with E-state index in [9.17, 15) is 13.3 Å². The first-order chi connectivity index (χ1) is 4.58. The van der Waals surface area contributed by atoms with Gasteiger partial charge in [0, 0.05) is 0 Å². The minimum atomic E-state index is -4.12. The lowest BCUT2D eigenvalue weighted by atomic mass is 10.2. The van der Waals surface area contributed by atoms with Crippen molar-refractivity contribution in [3.05, 3.63) is 0 Å². The van der Waals surface area contributed by atoms with Crippen LogP contribution in [0.15, 0.2) is 5.21 Å². The van der Waals surface area contributed by atoms with Crippen LogP contribution in [-0.4, -0.2) is 11.6 Å². The Labute approximate surface area is 53.9 Å². The van der Waals surface area contributed by atoms with Crippen molar-refractivity contribution in [1.29, 1.82) is 10.5 Å². The molecule has 52 valence electrons. The SMILES string of the molecule is N#CC(=NF)C(F)(F)C#N. The van der Waals surface area contributed by atoms with Crippen molar-refractivity contribution in [2.24, 2.45) is 5.21 Å². The molecule has 0 aromatic carbocycles. The first-order valence-corrected chi connectivity index (χ1v) is 1.97. The largest absolute Gasteiger partial charge is 0.386 e. The molecule has 0 saturated heterocycles. The smallest absolute Gasteiger partial charge is 0.191 e. The molecule has 0 aromatic heterocycles. The zero-order valence-electron chi connectivity index (χ0n) is 4.48. The summed E-state index contributed by atoms with van der Waals surface area (Å²) in [7, 11) is 0. The highest BCUT2D eigenvalue weighted by molar-refractivity contribution is 6.05. The molecule has 0 fully saturated rings. The molecule has 0 aromatic rings. The van der Waals surface area contributed by atoms with Crippen LogP contribution in [0, 0.1) is 22.7 Å². The third-order valence-corrected chi connectivity index (χ3v) is 0.628. The molecule has 0 aliphatic rings. The number of nitrogens with zero attached hydrogens (tertiary/aromatic N) is 3. The van der Waals surface area contributed by atoms with Crippen molar-refractivity contribution in [2.75, 3.05) is 0 Å². The van der Waals surface area contributed by atoms with Gasteiger partial charge in [0.25, 0.3) is 0 Å². The molecule has 0 amide bonds. The maximum absolute atomic E-state index is 11.9. The standard InChI is InChI=1S/C4F3N3/c5-4(6,2-9)3(1-8)10-7. The second-order valence-corrected chi connectivity index (χ2v) is 1.23. The fourth-order valence-corrected chi connectivity index (χ4v) is 0.195. The molecule has 0 atom stereocenters. The molecule has 0 unspecified atom stereocenters. The predicted octanol–water partition coefficient (Wildman–Crippen LogP) is 0.994. The van der Waals surface area contributed by atoms with E-state index in [-0.39, 0.29) is 0 Å². The normalized spacial score (nSPS) is 11.9. The lowest BCUT2D eigenvalue weighted by molar-refractivity contribution is 0.142. The molecule has 0 saturated carbocycles. The van der Waals surface area contributed by atoms with E-state index in [2.05, 4.69) is 0 Å². The summed E-state index contributed by atoms with van der Waals surface area (Å²) >= 11 is 0. The maximum atomic E-state index is 11.9. The highest BCUT2D eigenvalue weighted by Crippen LogP contribution is 2.13. The predicted molar refractivity (Wildman–Crippen MR) is 24.7 cm³/mol. The molecule has 0 radical (unpaired) electrons.